The highest BCUT2D eigenvalue weighted by Crippen LogP contribution is 2.54. The van der Waals surface area contributed by atoms with Gasteiger partial charge in [0.2, 0.25) is 5.92 Å². The fraction of sp³-hybridized carbons (Fsp3) is 0.778. The van der Waals surface area contributed by atoms with E-state index >= 15 is 0 Å². The lowest BCUT2D eigenvalue weighted by atomic mass is 9.65. The summed E-state index contributed by atoms with van der Waals surface area (Å²) in [4.78, 5) is 12.1. The number of amides is 1. The van der Waals surface area contributed by atoms with Gasteiger partial charge in [0, 0.05) is 29.7 Å². The van der Waals surface area contributed by atoms with E-state index in [4.69, 9.17) is 4.74 Å². The van der Waals surface area contributed by atoms with E-state index < -0.39 is 23.6 Å². The second-order valence-corrected chi connectivity index (χ2v) is 8.36. The number of carbonyl (C=O) groups excluding carboxylic acids is 1. The van der Waals surface area contributed by atoms with Gasteiger partial charge in [0.05, 0.1) is 18.3 Å². The lowest BCUT2D eigenvalue weighted by molar-refractivity contribution is -0.122. The number of nitrogens with one attached hydrogen (secondary N) is 1. The van der Waals surface area contributed by atoms with Crippen LogP contribution in [-0.4, -0.2) is 34.6 Å². The van der Waals surface area contributed by atoms with Crippen LogP contribution in [0.4, 0.5) is 23.8 Å². The van der Waals surface area contributed by atoms with Gasteiger partial charge in [-0.1, -0.05) is 6.92 Å². The van der Waals surface area contributed by atoms with E-state index in [1.807, 2.05) is 0 Å². The molecule has 26 heavy (non-hydrogen) atoms. The number of rotatable bonds is 5. The normalized spacial score (nSPS) is 28.8. The molecule has 1 heterocycles. The van der Waals surface area contributed by atoms with Crippen LogP contribution in [0.15, 0.2) is 0 Å². The average Bonchev–Trinajstić information content (AvgIpc) is 3.09. The standard InChI is InChI=1S/C18H24F3N3O2/c1-10-14(17(2)8-18(20,21)9-17)23-24(12-4-3-5-12)15(10)22-16(25)26-7-11-6-13(11)19/h11-13H,3-9H2,1-2H3,(H,22,25)/t11-,13+/m1/s1. The maximum atomic E-state index is 13.5. The van der Waals surface area contributed by atoms with Crippen molar-refractivity contribution in [3.05, 3.63) is 11.3 Å². The Labute approximate surface area is 150 Å². The van der Waals surface area contributed by atoms with Crippen molar-refractivity contribution in [3.8, 4) is 0 Å². The average molecular weight is 371 g/mol. The van der Waals surface area contributed by atoms with Crippen molar-refractivity contribution in [3.63, 3.8) is 0 Å². The maximum absolute atomic E-state index is 13.5. The zero-order valence-corrected chi connectivity index (χ0v) is 15.0. The third kappa shape index (κ3) is 3.07. The van der Waals surface area contributed by atoms with Crippen LogP contribution in [-0.2, 0) is 10.2 Å². The van der Waals surface area contributed by atoms with Gasteiger partial charge in [0.1, 0.15) is 12.0 Å². The first kappa shape index (κ1) is 17.7. The van der Waals surface area contributed by atoms with Crippen LogP contribution in [0.1, 0.15) is 62.7 Å². The molecule has 1 N–H and O–H groups in total. The fourth-order valence-electron chi connectivity index (χ4n) is 4.09. The zero-order valence-electron chi connectivity index (χ0n) is 15.0. The summed E-state index contributed by atoms with van der Waals surface area (Å²) in [5.74, 6) is -2.34. The lowest BCUT2D eigenvalue weighted by Gasteiger charge is -2.44. The molecular formula is C18H24F3N3O2. The number of alkyl halides is 3. The smallest absolute Gasteiger partial charge is 0.412 e. The van der Waals surface area contributed by atoms with E-state index in [2.05, 4.69) is 10.4 Å². The first-order valence-electron chi connectivity index (χ1n) is 9.24. The molecule has 0 aromatic carbocycles. The van der Waals surface area contributed by atoms with Crippen LogP contribution in [0.3, 0.4) is 0 Å². The van der Waals surface area contributed by atoms with Gasteiger partial charge in [-0.2, -0.15) is 5.10 Å². The van der Waals surface area contributed by atoms with Gasteiger partial charge in [-0.15, -0.1) is 0 Å². The Morgan fingerprint density at radius 3 is 2.54 bits per heavy atom. The summed E-state index contributed by atoms with van der Waals surface area (Å²) in [6.45, 7) is 3.65. The molecule has 3 saturated carbocycles. The highest BCUT2D eigenvalue weighted by atomic mass is 19.3. The molecule has 0 saturated heterocycles. The first-order chi connectivity index (χ1) is 12.2. The van der Waals surface area contributed by atoms with Crippen molar-refractivity contribution in [1.82, 2.24) is 9.78 Å². The highest BCUT2D eigenvalue weighted by molar-refractivity contribution is 5.84. The molecular weight excluding hydrogens is 347 g/mol. The van der Waals surface area contributed by atoms with Crippen LogP contribution in [0.25, 0.3) is 0 Å². The number of hydrogen-bond acceptors (Lipinski definition) is 3. The molecule has 0 aliphatic heterocycles. The van der Waals surface area contributed by atoms with Crippen molar-refractivity contribution in [1.29, 1.82) is 0 Å². The molecule has 1 amide bonds. The van der Waals surface area contributed by atoms with Crippen LogP contribution >= 0.6 is 0 Å². The van der Waals surface area contributed by atoms with Crippen molar-refractivity contribution in [2.45, 2.75) is 75.9 Å². The molecule has 4 rings (SSSR count). The Balaban J connectivity index is 1.53. The van der Waals surface area contributed by atoms with E-state index in [1.165, 1.54) is 0 Å². The largest absolute Gasteiger partial charge is 0.449 e. The topological polar surface area (TPSA) is 56.2 Å². The predicted molar refractivity (Wildman–Crippen MR) is 89.4 cm³/mol. The van der Waals surface area contributed by atoms with Gasteiger partial charge >= 0.3 is 6.09 Å². The third-order valence-electron chi connectivity index (χ3n) is 5.92. The minimum atomic E-state index is -2.65. The predicted octanol–water partition coefficient (Wildman–Crippen LogP) is 4.51. The fourth-order valence-corrected chi connectivity index (χ4v) is 4.09. The van der Waals surface area contributed by atoms with Crippen molar-refractivity contribution in [2.75, 3.05) is 11.9 Å². The van der Waals surface area contributed by atoms with E-state index in [0.717, 1.165) is 19.3 Å². The van der Waals surface area contributed by atoms with Crippen molar-refractivity contribution >= 4 is 11.9 Å². The van der Waals surface area contributed by atoms with Gasteiger partial charge in [-0.3, -0.25) is 5.32 Å². The summed E-state index contributed by atoms with van der Waals surface area (Å²) in [6.07, 6.45) is 1.42. The Morgan fingerprint density at radius 1 is 1.38 bits per heavy atom. The second-order valence-electron chi connectivity index (χ2n) is 8.36. The summed E-state index contributed by atoms with van der Waals surface area (Å²) >= 11 is 0. The Hall–Kier alpha value is -1.73. The quantitative estimate of drug-likeness (QED) is 0.829. The maximum Gasteiger partial charge on any atom is 0.412 e. The zero-order chi connectivity index (χ0) is 18.7. The second kappa shape index (κ2) is 5.89. The van der Waals surface area contributed by atoms with Crippen LogP contribution in [0.2, 0.25) is 0 Å². The Kier molecular flexibility index (Phi) is 4.00. The van der Waals surface area contributed by atoms with E-state index in [9.17, 15) is 18.0 Å². The number of hydrogen-bond donors (Lipinski definition) is 1. The number of aromatic nitrogens is 2. The number of ether oxygens (including phenoxy) is 1. The van der Waals surface area contributed by atoms with Gasteiger partial charge in [-0.05, 0) is 32.6 Å². The molecule has 1 aromatic rings. The molecule has 3 aliphatic rings. The minimum Gasteiger partial charge on any atom is -0.449 e. The highest BCUT2D eigenvalue weighted by Gasteiger charge is 2.56. The van der Waals surface area contributed by atoms with Crippen LogP contribution in [0.5, 0.6) is 0 Å². The summed E-state index contributed by atoms with van der Waals surface area (Å²) in [5, 5.41) is 7.33. The molecule has 144 valence electrons. The van der Waals surface area contributed by atoms with Crippen molar-refractivity contribution in [2.24, 2.45) is 5.92 Å². The molecule has 0 radical (unpaired) electrons. The molecule has 0 spiro atoms. The number of halogens is 3. The molecule has 5 nitrogen and oxygen atoms in total. The number of nitrogens with zero attached hydrogens (tertiary/aromatic N) is 2. The lowest BCUT2D eigenvalue weighted by Crippen LogP contribution is -2.47. The van der Waals surface area contributed by atoms with Crippen LogP contribution < -0.4 is 5.32 Å². The van der Waals surface area contributed by atoms with Gasteiger partial charge in [0.15, 0.2) is 0 Å². The summed E-state index contributed by atoms with van der Waals surface area (Å²) < 4.78 is 46.7. The molecule has 0 bridgehead atoms. The molecule has 1 aromatic heterocycles. The van der Waals surface area contributed by atoms with E-state index in [-0.39, 0.29) is 31.4 Å². The summed E-state index contributed by atoms with van der Waals surface area (Å²) in [6, 6.07) is 0.167. The van der Waals surface area contributed by atoms with Gasteiger partial charge in [0.25, 0.3) is 0 Å². The Morgan fingerprint density at radius 2 is 2.04 bits per heavy atom. The number of carbonyl (C=O) groups is 1. The first-order valence-corrected chi connectivity index (χ1v) is 9.24. The van der Waals surface area contributed by atoms with Gasteiger partial charge in [-0.25, -0.2) is 22.6 Å². The SMILES string of the molecule is Cc1c(C2(C)CC(F)(F)C2)nn(C2CCC2)c1NC(=O)OC[C@H]1C[C@@H]1F. The molecule has 8 heteroatoms. The van der Waals surface area contributed by atoms with E-state index in [1.54, 1.807) is 18.5 Å². The summed E-state index contributed by atoms with van der Waals surface area (Å²) in [7, 11) is 0. The minimum absolute atomic E-state index is 0.0560. The number of anilines is 1. The third-order valence-corrected chi connectivity index (χ3v) is 5.92. The monoisotopic (exact) mass is 371 g/mol. The molecule has 3 aliphatic carbocycles. The molecule has 3 fully saturated rings. The van der Waals surface area contributed by atoms with Crippen LogP contribution in [0, 0.1) is 12.8 Å². The Bertz CT molecular complexity index is 722. The van der Waals surface area contributed by atoms with Crippen molar-refractivity contribution < 1.29 is 22.7 Å². The summed E-state index contributed by atoms with van der Waals surface area (Å²) in [5.41, 5.74) is 0.650. The van der Waals surface area contributed by atoms with Gasteiger partial charge < -0.3 is 4.74 Å². The van der Waals surface area contributed by atoms with E-state index in [0.29, 0.717) is 23.5 Å². The molecule has 0 unspecified atom stereocenters. The molecule has 2 atom stereocenters.